The van der Waals surface area contributed by atoms with Crippen molar-refractivity contribution in [1.29, 1.82) is 0 Å². The molecule has 19 aromatic carbocycles. The zero-order valence-corrected chi connectivity index (χ0v) is 68.5. The van der Waals surface area contributed by atoms with Crippen LogP contribution in [0.15, 0.2) is 441 Å². The Hall–Kier alpha value is -15.0. The molecule has 25 rings (SSSR count). The van der Waals surface area contributed by atoms with Crippen LogP contribution in [-0.2, 0) is 0 Å². The van der Waals surface area contributed by atoms with E-state index in [0.29, 0.717) is 0 Å². The minimum absolute atomic E-state index is 0.0842. The van der Waals surface area contributed by atoms with Gasteiger partial charge in [0.15, 0.2) is 0 Å². The summed E-state index contributed by atoms with van der Waals surface area (Å²) in [4.78, 5) is 7.42. The molecule has 570 valence electrons. The van der Waals surface area contributed by atoms with Gasteiger partial charge in [-0.3, -0.25) is 0 Å². The van der Waals surface area contributed by atoms with Crippen molar-refractivity contribution < 1.29 is 4.42 Å². The molecule has 0 bridgehead atoms. The number of thiophene rings is 2. The van der Waals surface area contributed by atoms with Gasteiger partial charge >= 0.3 is 0 Å². The molecule has 3 aromatic heterocycles. The maximum atomic E-state index is 7.52. The normalized spacial score (nSPS) is 12.8. The average Bonchev–Trinajstić information content (AvgIpc) is 1.01. The molecule has 9 heteroatoms. The first-order valence-electron chi connectivity index (χ1n) is 42.4. The van der Waals surface area contributed by atoms with Crippen molar-refractivity contribution in [3.63, 3.8) is 0 Å². The molecule has 0 N–H and O–H groups in total. The smallest absolute Gasteiger partial charge is 0.251 e. The maximum absolute atomic E-state index is 7.52. The zero-order chi connectivity index (χ0) is 80.7. The van der Waals surface area contributed by atoms with Crippen molar-refractivity contribution in [2.24, 2.45) is 0 Å². The van der Waals surface area contributed by atoms with E-state index in [1.807, 2.05) is 22.7 Å². The van der Waals surface area contributed by atoms with Crippen LogP contribution < -0.4 is 63.9 Å². The molecule has 0 aliphatic carbocycles. The topological polar surface area (TPSA) is 22.9 Å². The van der Waals surface area contributed by atoms with E-state index in [1.165, 1.54) is 140 Å². The molecule has 4 nitrogen and oxygen atoms in total. The second-order valence-electron chi connectivity index (χ2n) is 32.7. The van der Waals surface area contributed by atoms with Crippen molar-refractivity contribution in [1.82, 2.24) is 0 Å². The third kappa shape index (κ3) is 11.5. The van der Waals surface area contributed by atoms with E-state index in [4.69, 9.17) is 4.42 Å². The highest BCUT2D eigenvalue weighted by Gasteiger charge is 2.42. The van der Waals surface area contributed by atoms with Crippen molar-refractivity contribution >= 4 is 205 Å². The Labute approximate surface area is 722 Å². The predicted octanol–water partition coefficient (Wildman–Crippen LogP) is 25.2. The van der Waals surface area contributed by atoms with Crippen LogP contribution in [0.25, 0.3) is 129 Å². The van der Waals surface area contributed by atoms with Crippen LogP contribution in [0.3, 0.4) is 0 Å². The van der Waals surface area contributed by atoms with Gasteiger partial charge in [0.05, 0.1) is 0 Å². The Morgan fingerprint density at radius 3 is 0.943 bits per heavy atom. The third-order valence-electron chi connectivity index (χ3n) is 26.1. The van der Waals surface area contributed by atoms with Gasteiger partial charge in [-0.05, 0) is 203 Å². The highest BCUT2D eigenvalue weighted by atomic mass is 32.1. The van der Waals surface area contributed by atoms with E-state index in [2.05, 4.69) is 451 Å². The van der Waals surface area contributed by atoms with E-state index in [1.54, 1.807) is 0 Å². The maximum Gasteiger partial charge on any atom is 0.251 e. The van der Waals surface area contributed by atoms with E-state index < -0.39 is 0 Å². The lowest BCUT2D eigenvalue weighted by atomic mass is 9.33. The summed E-state index contributed by atoms with van der Waals surface area (Å²) in [6.07, 6.45) is 0. The molecular weight excluding hydrogens is 1520 g/mol. The van der Waals surface area contributed by atoms with E-state index in [-0.39, 0.29) is 20.1 Å². The number of anilines is 9. The third-order valence-corrected chi connectivity index (χ3v) is 28.4. The molecule has 22 aromatic rings. The fourth-order valence-corrected chi connectivity index (χ4v) is 23.0. The van der Waals surface area contributed by atoms with Crippen molar-refractivity contribution in [3.8, 4) is 66.8 Å². The van der Waals surface area contributed by atoms with Crippen LogP contribution in [0, 0.1) is 0 Å². The van der Waals surface area contributed by atoms with Gasteiger partial charge in [-0.1, -0.05) is 345 Å². The molecule has 3 aliphatic rings. The molecule has 0 unspecified atom stereocenters. The summed E-state index contributed by atoms with van der Waals surface area (Å²) < 4.78 is 12.7. The second-order valence-corrected chi connectivity index (χ2v) is 34.9. The SMILES string of the molecule is c1ccc(-c2cccc(-c3ccc(-c4ccc(-c5cccc(-c6cccc(-c7cccc8c7oc7c(B9c%10ccccc%10N(c%10ccccc%10)c%10ccccc%109)cccc78)c6)c5B5c6ccccc6N(c6ccc7sc8ccccc8c7c6)c6ccccc65)cc4)cc3)c2B2c3ccccc3N(c3ccc4sc5ccccc5c4c3)c3ccccc32)cc1. The van der Waals surface area contributed by atoms with E-state index >= 15 is 0 Å². The van der Waals surface area contributed by atoms with Gasteiger partial charge in [-0.15, -0.1) is 22.7 Å². The summed E-state index contributed by atoms with van der Waals surface area (Å²) in [6, 6.07) is 163. The first-order chi connectivity index (χ1) is 61.0. The van der Waals surface area contributed by atoms with Crippen LogP contribution in [0.2, 0.25) is 0 Å². The lowest BCUT2D eigenvalue weighted by molar-refractivity contribution is 0.672. The first kappa shape index (κ1) is 71.0. The Morgan fingerprint density at radius 1 is 0.179 bits per heavy atom. The number of para-hydroxylation sites is 9. The zero-order valence-electron chi connectivity index (χ0n) is 66.9. The van der Waals surface area contributed by atoms with Gasteiger partial charge in [0.25, 0.3) is 6.71 Å². The number of nitrogens with zero attached hydrogens (tertiary/aromatic N) is 3. The second kappa shape index (κ2) is 28.9. The summed E-state index contributed by atoms with van der Waals surface area (Å²) >= 11 is 3.72. The van der Waals surface area contributed by atoms with Gasteiger partial charge in [-0.25, -0.2) is 0 Å². The molecular formula is C114H72B3N3OS2. The summed E-state index contributed by atoms with van der Waals surface area (Å²) in [5.74, 6) is 0. The lowest BCUT2D eigenvalue weighted by Crippen LogP contribution is -2.58. The fourth-order valence-electron chi connectivity index (χ4n) is 20.8. The average molecular weight is 1600 g/mol. The van der Waals surface area contributed by atoms with Crippen LogP contribution in [0.4, 0.5) is 51.2 Å². The minimum atomic E-state index is -0.185. The Kier molecular flexibility index (Phi) is 16.7. The summed E-state index contributed by atoms with van der Waals surface area (Å²) in [5, 5.41) is 7.33. The molecule has 0 radical (unpaired) electrons. The molecule has 0 spiro atoms. The highest BCUT2D eigenvalue weighted by molar-refractivity contribution is 7.26. The van der Waals surface area contributed by atoms with Crippen molar-refractivity contribution in [2.45, 2.75) is 0 Å². The molecule has 0 saturated heterocycles. The van der Waals surface area contributed by atoms with Crippen LogP contribution in [0.1, 0.15) is 0 Å². The van der Waals surface area contributed by atoms with E-state index in [9.17, 15) is 0 Å². The quantitative estimate of drug-likeness (QED) is 0.114. The number of hydrogen-bond donors (Lipinski definition) is 0. The molecule has 6 heterocycles. The van der Waals surface area contributed by atoms with Gasteiger partial charge < -0.3 is 19.1 Å². The fraction of sp³-hybridized carbons (Fsp3) is 0. The predicted molar refractivity (Wildman–Crippen MR) is 529 cm³/mol. The molecule has 0 amide bonds. The molecule has 123 heavy (non-hydrogen) atoms. The Morgan fingerprint density at radius 2 is 0.480 bits per heavy atom. The van der Waals surface area contributed by atoms with Crippen LogP contribution in [0.5, 0.6) is 0 Å². The Bertz CT molecular complexity index is 7870. The standard InChI is InChI=1S/C114H72B3N3OS2/c1-3-28-75(29-4-1)83-36-24-37-84(111(83)116-96-45-11-17-52-103(96)119(104-53-18-12-46-97(104)116)81-66-68-109-92(71-81)88-34-7-21-56-107(88)122-109)76-62-58-73(59-63-76)74-60-64-77(65-61-74)85-38-25-39-86(112(85)117-98-47-13-19-54-105(98)120(106-55-20-14-48-99(106)117)82-67-69-110-93(72-82)89-35-8-22-57-108(89)123-110)78-30-23-31-79(70-78)87-40-26-41-90-91-42-27-49-100(114(91)121-113(87)90)115-94-43-9-15-50-101(94)118(80-32-5-2-6-33-80)102-51-16-10-44-95(102)115/h1-72H. The van der Waals surface area contributed by atoms with Crippen LogP contribution >= 0.6 is 22.7 Å². The van der Waals surface area contributed by atoms with Gasteiger partial charge in [0.2, 0.25) is 13.4 Å². The van der Waals surface area contributed by atoms with Gasteiger partial charge in [0, 0.05) is 108 Å². The Balaban J connectivity index is 0.613. The summed E-state index contributed by atoms with van der Waals surface area (Å²) in [5.41, 5.74) is 37.2. The summed E-state index contributed by atoms with van der Waals surface area (Å²) in [7, 11) is 0. The van der Waals surface area contributed by atoms with E-state index in [0.717, 1.165) is 89.2 Å². The number of rotatable bonds is 12. The minimum Gasteiger partial charge on any atom is -0.456 e. The lowest BCUT2D eigenvalue weighted by Gasteiger charge is -2.38. The monoisotopic (exact) mass is 1600 g/mol. The largest absolute Gasteiger partial charge is 0.456 e. The molecule has 0 fully saturated rings. The molecule has 0 atom stereocenters. The van der Waals surface area contributed by atoms with Crippen molar-refractivity contribution in [3.05, 3.63) is 437 Å². The summed E-state index contributed by atoms with van der Waals surface area (Å²) in [6.45, 7) is -0.358. The first-order valence-corrected chi connectivity index (χ1v) is 44.1. The number of furan rings is 1. The highest BCUT2D eigenvalue weighted by Crippen LogP contribution is 2.47. The van der Waals surface area contributed by atoms with Gasteiger partial charge in [-0.2, -0.15) is 0 Å². The number of benzene rings is 19. The number of fused-ring (bicyclic) bond motifs is 15. The van der Waals surface area contributed by atoms with Crippen molar-refractivity contribution in [2.75, 3.05) is 14.7 Å². The number of hydrogen-bond acceptors (Lipinski definition) is 6. The van der Waals surface area contributed by atoms with Crippen LogP contribution in [-0.4, -0.2) is 20.1 Å². The molecule has 0 saturated carbocycles. The van der Waals surface area contributed by atoms with Gasteiger partial charge in [0.1, 0.15) is 11.2 Å². The molecule has 3 aliphatic heterocycles.